The van der Waals surface area contributed by atoms with Gasteiger partial charge in [0.05, 0.1) is 0 Å². The van der Waals surface area contributed by atoms with Crippen LogP contribution in [0.5, 0.6) is 0 Å². The summed E-state index contributed by atoms with van der Waals surface area (Å²) in [6, 6.07) is 15.9. The van der Waals surface area contributed by atoms with Crippen molar-refractivity contribution in [2.75, 3.05) is 0 Å². The van der Waals surface area contributed by atoms with E-state index >= 15 is 0 Å². The highest BCUT2D eigenvalue weighted by atomic mass is 14.2. The molecular formula is C25H28. The van der Waals surface area contributed by atoms with Crippen LogP contribution < -0.4 is 10.4 Å². The Kier molecular flexibility index (Phi) is 4.61. The second-order valence-corrected chi connectivity index (χ2v) is 7.74. The van der Waals surface area contributed by atoms with Crippen LogP contribution in [-0.4, -0.2) is 0 Å². The highest BCUT2D eigenvalue weighted by Gasteiger charge is 2.14. The highest BCUT2D eigenvalue weighted by Crippen LogP contribution is 2.28. The Morgan fingerprint density at radius 3 is 2.48 bits per heavy atom. The molecule has 2 aromatic carbocycles. The van der Waals surface area contributed by atoms with Crippen LogP contribution in [-0.2, 0) is 0 Å². The van der Waals surface area contributed by atoms with E-state index in [9.17, 15) is 0 Å². The van der Waals surface area contributed by atoms with Gasteiger partial charge in [-0.15, -0.1) is 0 Å². The maximum absolute atomic E-state index is 2.50. The molecule has 0 aliphatic heterocycles. The molecule has 0 bridgehead atoms. The number of hydrogen-bond acceptors (Lipinski definition) is 0. The molecule has 1 unspecified atom stereocenters. The molecule has 0 radical (unpaired) electrons. The van der Waals surface area contributed by atoms with Crippen molar-refractivity contribution in [1.82, 2.24) is 0 Å². The van der Waals surface area contributed by atoms with Crippen LogP contribution in [0.1, 0.15) is 57.4 Å². The lowest BCUT2D eigenvalue weighted by molar-refractivity contribution is 0.685. The highest BCUT2D eigenvalue weighted by molar-refractivity contribution is 5.77. The Balaban J connectivity index is 1.70. The maximum atomic E-state index is 2.50. The zero-order valence-corrected chi connectivity index (χ0v) is 15.5. The van der Waals surface area contributed by atoms with Gasteiger partial charge >= 0.3 is 0 Å². The minimum atomic E-state index is 0.636. The van der Waals surface area contributed by atoms with Gasteiger partial charge in [-0.05, 0) is 76.0 Å². The molecule has 2 aromatic rings. The Hall–Kier alpha value is -2.08. The van der Waals surface area contributed by atoms with Gasteiger partial charge < -0.3 is 0 Å². The van der Waals surface area contributed by atoms with Gasteiger partial charge in [0.25, 0.3) is 0 Å². The normalized spacial score (nSPS) is 19.5. The van der Waals surface area contributed by atoms with Crippen LogP contribution >= 0.6 is 0 Å². The molecule has 2 aliphatic carbocycles. The standard InChI is InChI=1S/C25H28/c1-3-18(2)21-11-13-22(14-12-21)24-10-6-9-23-16-20(17-25(23)24)15-19-7-4-5-8-19/h6,9-19H,3-5,7-8H2,1-2H3. The van der Waals surface area contributed by atoms with Gasteiger partial charge in [-0.2, -0.15) is 0 Å². The molecular weight excluding hydrogens is 300 g/mol. The molecule has 0 amide bonds. The largest absolute Gasteiger partial charge is 0.0741 e. The number of allylic oxidation sites excluding steroid dienone is 2. The monoisotopic (exact) mass is 328 g/mol. The van der Waals surface area contributed by atoms with E-state index in [0.29, 0.717) is 5.92 Å². The van der Waals surface area contributed by atoms with Crippen molar-refractivity contribution in [2.45, 2.75) is 51.9 Å². The summed E-state index contributed by atoms with van der Waals surface area (Å²) in [5, 5.41) is 2.76. The molecule has 25 heavy (non-hydrogen) atoms. The van der Waals surface area contributed by atoms with Crippen LogP contribution in [0.4, 0.5) is 0 Å². The van der Waals surface area contributed by atoms with Crippen molar-refractivity contribution in [3.63, 3.8) is 0 Å². The fourth-order valence-corrected chi connectivity index (χ4v) is 4.23. The summed E-state index contributed by atoms with van der Waals surface area (Å²) in [5.74, 6) is 1.42. The van der Waals surface area contributed by atoms with Crippen molar-refractivity contribution in [1.29, 1.82) is 0 Å². The summed E-state index contributed by atoms with van der Waals surface area (Å²) in [7, 11) is 0. The van der Waals surface area contributed by atoms with E-state index in [2.05, 4.69) is 74.5 Å². The molecule has 0 N–H and O–H groups in total. The first-order valence-corrected chi connectivity index (χ1v) is 9.89. The third-order valence-corrected chi connectivity index (χ3v) is 6.00. The lowest BCUT2D eigenvalue weighted by atomic mass is 9.95. The Labute approximate surface area is 151 Å². The van der Waals surface area contributed by atoms with Gasteiger partial charge in [-0.3, -0.25) is 0 Å². The van der Waals surface area contributed by atoms with E-state index in [-0.39, 0.29) is 0 Å². The van der Waals surface area contributed by atoms with Gasteiger partial charge in [0.2, 0.25) is 0 Å². The second-order valence-electron chi connectivity index (χ2n) is 7.74. The smallest absolute Gasteiger partial charge is 0.00994 e. The molecule has 0 heteroatoms. The first-order valence-electron chi connectivity index (χ1n) is 9.89. The Bertz CT molecular complexity index is 890. The average Bonchev–Trinajstić information content (AvgIpc) is 3.30. The summed E-state index contributed by atoms with van der Waals surface area (Å²) in [4.78, 5) is 0. The van der Waals surface area contributed by atoms with Crippen molar-refractivity contribution < 1.29 is 0 Å². The summed E-state index contributed by atoms with van der Waals surface area (Å²) in [6.45, 7) is 4.56. The Morgan fingerprint density at radius 1 is 1.00 bits per heavy atom. The third-order valence-electron chi connectivity index (χ3n) is 6.00. The fraction of sp³-hybridized carbons (Fsp3) is 0.360. The van der Waals surface area contributed by atoms with E-state index in [4.69, 9.17) is 0 Å². The van der Waals surface area contributed by atoms with E-state index in [1.165, 1.54) is 64.8 Å². The molecule has 4 rings (SSSR count). The topological polar surface area (TPSA) is 0 Å². The van der Waals surface area contributed by atoms with Gasteiger partial charge in [-0.25, -0.2) is 0 Å². The van der Waals surface area contributed by atoms with Gasteiger partial charge in [0.15, 0.2) is 0 Å². The van der Waals surface area contributed by atoms with E-state index in [0.717, 1.165) is 5.92 Å². The summed E-state index contributed by atoms with van der Waals surface area (Å²) in [5.41, 5.74) is 5.54. The minimum Gasteiger partial charge on any atom is -0.0741 e. The van der Waals surface area contributed by atoms with E-state index < -0.39 is 0 Å². The molecule has 0 aromatic heterocycles. The van der Waals surface area contributed by atoms with Crippen LogP contribution in [0, 0.1) is 5.92 Å². The van der Waals surface area contributed by atoms with Crippen LogP contribution in [0.2, 0.25) is 0 Å². The zero-order chi connectivity index (χ0) is 17.2. The minimum absolute atomic E-state index is 0.636. The van der Waals surface area contributed by atoms with E-state index in [1.54, 1.807) is 0 Å². The van der Waals surface area contributed by atoms with Crippen molar-refractivity contribution in [3.8, 4) is 11.1 Å². The summed E-state index contributed by atoms with van der Waals surface area (Å²) < 4.78 is 0. The van der Waals surface area contributed by atoms with Crippen molar-refractivity contribution in [3.05, 3.63) is 70.1 Å². The SMILES string of the molecule is CCC(C)c1ccc(-c2cccc3c2=CC(=CC2CCCC2)C=3)cc1. The second kappa shape index (κ2) is 7.04. The molecule has 1 atom stereocenters. The van der Waals surface area contributed by atoms with Gasteiger partial charge in [-0.1, -0.05) is 75.2 Å². The molecule has 0 heterocycles. The van der Waals surface area contributed by atoms with Crippen LogP contribution in [0.3, 0.4) is 0 Å². The number of fused-ring (bicyclic) bond motifs is 1. The molecule has 0 nitrogen and oxygen atoms in total. The van der Waals surface area contributed by atoms with Crippen molar-refractivity contribution in [2.24, 2.45) is 5.92 Å². The van der Waals surface area contributed by atoms with Crippen LogP contribution in [0.15, 0.2) is 54.1 Å². The third kappa shape index (κ3) is 3.35. The molecule has 0 spiro atoms. The summed E-state index contributed by atoms with van der Waals surface area (Å²) >= 11 is 0. The predicted molar refractivity (Wildman–Crippen MR) is 109 cm³/mol. The molecule has 128 valence electrons. The first-order chi connectivity index (χ1) is 12.2. The Morgan fingerprint density at radius 2 is 1.76 bits per heavy atom. The van der Waals surface area contributed by atoms with Crippen LogP contribution in [0.25, 0.3) is 23.3 Å². The average molecular weight is 328 g/mol. The summed E-state index contributed by atoms with van der Waals surface area (Å²) in [6.07, 6.45) is 14.0. The zero-order valence-electron chi connectivity index (χ0n) is 15.5. The lowest BCUT2D eigenvalue weighted by Crippen LogP contribution is -2.22. The number of hydrogen-bond donors (Lipinski definition) is 0. The predicted octanol–water partition coefficient (Wildman–Crippen LogP) is 5.56. The van der Waals surface area contributed by atoms with Gasteiger partial charge in [0.1, 0.15) is 0 Å². The lowest BCUT2D eigenvalue weighted by Gasteiger charge is -2.10. The first kappa shape index (κ1) is 16.4. The van der Waals surface area contributed by atoms with E-state index in [1.807, 2.05) is 0 Å². The molecule has 1 saturated carbocycles. The molecule has 2 aliphatic rings. The molecule has 0 saturated heterocycles. The van der Waals surface area contributed by atoms with Crippen molar-refractivity contribution >= 4 is 12.2 Å². The number of rotatable bonds is 4. The van der Waals surface area contributed by atoms with Gasteiger partial charge in [0, 0.05) is 0 Å². The quantitative estimate of drug-likeness (QED) is 0.689. The fourth-order valence-electron chi connectivity index (χ4n) is 4.23. The number of benzene rings is 2. The maximum Gasteiger partial charge on any atom is -0.00994 e. The molecule has 1 fully saturated rings.